The first-order valence-electron chi connectivity index (χ1n) is 8.97. The van der Waals surface area contributed by atoms with Gasteiger partial charge in [-0.15, -0.1) is 22.7 Å². The van der Waals surface area contributed by atoms with Crippen LogP contribution >= 0.6 is 22.7 Å². The highest BCUT2D eigenvalue weighted by molar-refractivity contribution is 7.11. The monoisotopic (exact) mass is 395 g/mol. The molecule has 6 nitrogen and oxygen atoms in total. The van der Waals surface area contributed by atoms with Crippen LogP contribution < -0.4 is 5.32 Å². The lowest BCUT2D eigenvalue weighted by Gasteiger charge is -2.21. The van der Waals surface area contributed by atoms with E-state index in [0.29, 0.717) is 0 Å². The second kappa shape index (κ2) is 10.6. The Bertz CT molecular complexity index is 697. The van der Waals surface area contributed by atoms with Crippen LogP contribution in [0.4, 0.5) is 0 Å². The normalized spacial score (nSPS) is 13.0. The molecular weight excluding hydrogens is 366 g/mol. The maximum absolute atomic E-state index is 5.34. The van der Waals surface area contributed by atoms with E-state index in [1.165, 1.54) is 4.88 Å². The molecule has 0 saturated heterocycles. The third-order valence-electron chi connectivity index (χ3n) is 3.90. The summed E-state index contributed by atoms with van der Waals surface area (Å²) in [5, 5.41) is 7.61. The lowest BCUT2D eigenvalue weighted by Crippen LogP contribution is -2.38. The molecule has 0 fully saturated rings. The van der Waals surface area contributed by atoms with Crippen molar-refractivity contribution in [2.75, 3.05) is 27.2 Å². The Morgan fingerprint density at radius 3 is 2.88 bits per heavy atom. The zero-order valence-electron chi connectivity index (χ0n) is 16.3. The summed E-state index contributed by atoms with van der Waals surface area (Å²) in [7, 11) is 3.75. The molecule has 0 saturated carbocycles. The van der Waals surface area contributed by atoms with Crippen molar-refractivity contribution in [2.24, 2.45) is 4.99 Å². The SMILES string of the molecule is CCNC(=NCCc1ncc(CC)s1)N(C)Cc1csc(C(C)OC)n1. The molecule has 0 bridgehead atoms. The minimum Gasteiger partial charge on any atom is -0.375 e. The molecule has 0 aliphatic rings. The van der Waals surface area contributed by atoms with Crippen molar-refractivity contribution in [3.05, 3.63) is 32.2 Å². The van der Waals surface area contributed by atoms with Gasteiger partial charge in [-0.2, -0.15) is 0 Å². The van der Waals surface area contributed by atoms with Gasteiger partial charge in [0.15, 0.2) is 5.96 Å². The topological polar surface area (TPSA) is 62.6 Å². The number of methoxy groups -OCH3 is 1. The Morgan fingerprint density at radius 1 is 1.42 bits per heavy atom. The molecule has 144 valence electrons. The number of guanidine groups is 1. The van der Waals surface area contributed by atoms with Gasteiger partial charge in [0.1, 0.15) is 11.1 Å². The number of thiazole rings is 2. The first kappa shape index (κ1) is 20.8. The van der Waals surface area contributed by atoms with Crippen LogP contribution in [0.1, 0.15) is 47.5 Å². The lowest BCUT2D eigenvalue weighted by molar-refractivity contribution is 0.119. The third kappa shape index (κ3) is 6.03. The molecule has 0 spiro atoms. The molecule has 0 aliphatic carbocycles. The van der Waals surface area contributed by atoms with E-state index in [0.717, 1.165) is 54.1 Å². The third-order valence-corrected chi connectivity index (χ3v) is 6.16. The number of hydrogen-bond acceptors (Lipinski definition) is 6. The highest BCUT2D eigenvalue weighted by Crippen LogP contribution is 2.21. The van der Waals surface area contributed by atoms with Gasteiger partial charge in [-0.25, -0.2) is 9.97 Å². The van der Waals surface area contributed by atoms with Gasteiger partial charge >= 0.3 is 0 Å². The van der Waals surface area contributed by atoms with Crippen molar-refractivity contribution >= 4 is 28.6 Å². The first-order chi connectivity index (χ1) is 12.6. The van der Waals surface area contributed by atoms with Crippen molar-refractivity contribution in [2.45, 2.75) is 46.3 Å². The zero-order valence-corrected chi connectivity index (χ0v) is 17.9. The molecule has 0 amide bonds. The fourth-order valence-electron chi connectivity index (χ4n) is 2.35. The van der Waals surface area contributed by atoms with Gasteiger partial charge < -0.3 is 15.0 Å². The molecule has 8 heteroatoms. The second-order valence-corrected chi connectivity index (χ2v) is 8.06. The summed E-state index contributed by atoms with van der Waals surface area (Å²) in [5.74, 6) is 0.897. The number of rotatable bonds is 9. The first-order valence-corrected chi connectivity index (χ1v) is 10.7. The molecule has 2 rings (SSSR count). The average molecular weight is 396 g/mol. The number of ether oxygens (including phenoxy) is 1. The fourth-order valence-corrected chi connectivity index (χ4v) is 4.05. The molecule has 0 aromatic carbocycles. The molecule has 1 unspecified atom stereocenters. The van der Waals surface area contributed by atoms with E-state index in [1.807, 2.05) is 20.2 Å². The fraction of sp³-hybridized carbons (Fsp3) is 0.611. The predicted octanol–water partition coefficient (Wildman–Crippen LogP) is 3.51. The number of aliphatic imine (C=N–C) groups is 1. The maximum Gasteiger partial charge on any atom is 0.194 e. The second-order valence-electron chi connectivity index (χ2n) is 5.97. The van der Waals surface area contributed by atoms with Crippen LogP contribution in [-0.4, -0.2) is 48.1 Å². The zero-order chi connectivity index (χ0) is 18.9. The molecule has 1 atom stereocenters. The van der Waals surface area contributed by atoms with Crippen LogP contribution in [0, 0.1) is 0 Å². The Kier molecular flexibility index (Phi) is 8.47. The summed E-state index contributed by atoms with van der Waals surface area (Å²) >= 11 is 3.42. The van der Waals surface area contributed by atoms with E-state index in [-0.39, 0.29) is 6.10 Å². The number of aryl methyl sites for hydroxylation is 1. The Morgan fingerprint density at radius 2 is 2.23 bits per heavy atom. The van der Waals surface area contributed by atoms with Crippen molar-refractivity contribution in [1.82, 2.24) is 20.2 Å². The summed E-state index contributed by atoms with van der Waals surface area (Å²) in [4.78, 5) is 17.3. The number of nitrogens with zero attached hydrogens (tertiary/aromatic N) is 4. The maximum atomic E-state index is 5.34. The smallest absolute Gasteiger partial charge is 0.194 e. The van der Waals surface area contributed by atoms with E-state index in [9.17, 15) is 0 Å². The van der Waals surface area contributed by atoms with Gasteiger partial charge in [0.2, 0.25) is 0 Å². The molecule has 26 heavy (non-hydrogen) atoms. The van der Waals surface area contributed by atoms with Crippen LogP contribution in [-0.2, 0) is 24.1 Å². The van der Waals surface area contributed by atoms with Gasteiger partial charge in [0, 0.05) is 50.1 Å². The average Bonchev–Trinajstić information content (AvgIpc) is 3.29. The van der Waals surface area contributed by atoms with Crippen LogP contribution in [0.2, 0.25) is 0 Å². The molecule has 1 N–H and O–H groups in total. The molecule has 2 aromatic rings. The standard InChI is InChI=1S/C18H29N5OS2/c1-6-15-10-21-16(26-15)8-9-20-18(19-7-2)23(4)11-14-12-25-17(22-14)13(3)24-5/h10,12-13H,6-9,11H2,1-5H3,(H,19,20). The van der Waals surface area contributed by atoms with Crippen molar-refractivity contribution in [1.29, 1.82) is 0 Å². The predicted molar refractivity (Wildman–Crippen MR) is 110 cm³/mol. The Balaban J connectivity index is 1.94. The quantitative estimate of drug-likeness (QED) is 0.520. The van der Waals surface area contributed by atoms with Crippen molar-refractivity contribution in [3.8, 4) is 0 Å². The van der Waals surface area contributed by atoms with Crippen LogP contribution in [0.3, 0.4) is 0 Å². The van der Waals surface area contributed by atoms with Gasteiger partial charge in [-0.3, -0.25) is 4.99 Å². The molecule has 2 heterocycles. The molecule has 0 aliphatic heterocycles. The number of hydrogen-bond donors (Lipinski definition) is 1. The van der Waals surface area contributed by atoms with E-state index < -0.39 is 0 Å². The summed E-state index contributed by atoms with van der Waals surface area (Å²) in [6.07, 6.45) is 3.93. The lowest BCUT2D eigenvalue weighted by atomic mass is 10.4. The van der Waals surface area contributed by atoms with Gasteiger partial charge in [0.25, 0.3) is 0 Å². The number of aromatic nitrogens is 2. The van der Waals surface area contributed by atoms with Gasteiger partial charge in [-0.05, 0) is 20.3 Å². The van der Waals surface area contributed by atoms with E-state index in [4.69, 9.17) is 9.73 Å². The van der Waals surface area contributed by atoms with Crippen LogP contribution in [0.15, 0.2) is 16.6 Å². The van der Waals surface area contributed by atoms with Crippen LogP contribution in [0.5, 0.6) is 0 Å². The van der Waals surface area contributed by atoms with E-state index in [1.54, 1.807) is 29.8 Å². The van der Waals surface area contributed by atoms with Crippen molar-refractivity contribution < 1.29 is 4.74 Å². The molecule has 2 aromatic heterocycles. The molecular formula is C18H29N5OS2. The van der Waals surface area contributed by atoms with E-state index >= 15 is 0 Å². The summed E-state index contributed by atoms with van der Waals surface area (Å²) in [6, 6.07) is 0. The van der Waals surface area contributed by atoms with Gasteiger partial charge in [0.05, 0.1) is 17.2 Å². The minimum atomic E-state index is 0.0345. The number of nitrogens with one attached hydrogen (secondary N) is 1. The molecule has 0 radical (unpaired) electrons. The van der Waals surface area contributed by atoms with Crippen LogP contribution in [0.25, 0.3) is 0 Å². The summed E-state index contributed by atoms with van der Waals surface area (Å²) in [6.45, 7) is 8.54. The van der Waals surface area contributed by atoms with E-state index in [2.05, 4.69) is 39.4 Å². The summed E-state index contributed by atoms with van der Waals surface area (Å²) in [5.41, 5.74) is 1.04. The largest absolute Gasteiger partial charge is 0.375 e. The Hall–Kier alpha value is -1.51. The highest BCUT2D eigenvalue weighted by Gasteiger charge is 2.12. The van der Waals surface area contributed by atoms with Crippen molar-refractivity contribution in [3.63, 3.8) is 0 Å². The Labute approximate surface area is 164 Å². The minimum absolute atomic E-state index is 0.0345. The highest BCUT2D eigenvalue weighted by atomic mass is 32.1. The summed E-state index contributed by atoms with van der Waals surface area (Å²) < 4.78 is 5.34. The van der Waals surface area contributed by atoms with Gasteiger partial charge in [-0.1, -0.05) is 6.92 Å².